The minimum absolute atomic E-state index is 0.243. The average Bonchev–Trinajstić information content (AvgIpc) is 3.82. The normalized spacial score (nSPS) is 12.7. The molecule has 1 aliphatic rings. The van der Waals surface area contributed by atoms with Crippen molar-refractivity contribution < 1.29 is 0 Å². The van der Waals surface area contributed by atoms with E-state index in [9.17, 15) is 0 Å². The lowest BCUT2D eigenvalue weighted by Gasteiger charge is -2.23. The van der Waals surface area contributed by atoms with E-state index >= 15 is 0 Å². The van der Waals surface area contributed by atoms with Crippen molar-refractivity contribution in [3.8, 4) is 84.4 Å². The first-order chi connectivity index (χ1) is 31.5. The van der Waals surface area contributed by atoms with E-state index in [2.05, 4.69) is 219 Å². The smallest absolute Gasteiger partial charge is 0.238 e. The van der Waals surface area contributed by atoms with Crippen LogP contribution in [0.1, 0.15) is 25.0 Å². The topological polar surface area (TPSA) is 43.6 Å². The second-order valence-electron chi connectivity index (χ2n) is 17.2. The quantitative estimate of drug-likeness (QED) is 0.161. The Morgan fingerprint density at radius 1 is 0.344 bits per heavy atom. The van der Waals surface area contributed by atoms with Crippen LogP contribution >= 0.6 is 0 Å². The van der Waals surface area contributed by atoms with Crippen LogP contribution in [-0.4, -0.2) is 19.5 Å². The van der Waals surface area contributed by atoms with Crippen LogP contribution in [0.4, 0.5) is 0 Å². The molecule has 0 unspecified atom stereocenters. The Kier molecular flexibility index (Phi) is 8.80. The fourth-order valence-corrected chi connectivity index (χ4v) is 9.93. The van der Waals surface area contributed by atoms with Gasteiger partial charge in [0.2, 0.25) is 5.95 Å². The molecule has 0 saturated heterocycles. The lowest BCUT2D eigenvalue weighted by Crippen LogP contribution is -2.17. The second-order valence-corrected chi connectivity index (χ2v) is 17.2. The van der Waals surface area contributed by atoms with Gasteiger partial charge in [0.05, 0.1) is 11.0 Å². The Bertz CT molecular complexity index is 3580. The van der Waals surface area contributed by atoms with Crippen LogP contribution in [0.2, 0.25) is 0 Å². The first kappa shape index (κ1) is 37.5. The highest BCUT2D eigenvalue weighted by atomic mass is 15.2. The van der Waals surface area contributed by atoms with E-state index in [-0.39, 0.29) is 5.41 Å². The van der Waals surface area contributed by atoms with E-state index in [1.54, 1.807) is 0 Å². The molecule has 0 atom stereocenters. The predicted octanol–water partition coefficient (Wildman–Crippen LogP) is 15.3. The first-order valence-corrected chi connectivity index (χ1v) is 21.9. The van der Waals surface area contributed by atoms with Gasteiger partial charge in [-0.3, -0.25) is 4.57 Å². The highest BCUT2D eigenvalue weighted by molar-refractivity contribution is 6.13. The zero-order valence-corrected chi connectivity index (χ0v) is 35.6. The van der Waals surface area contributed by atoms with E-state index in [1.165, 1.54) is 60.8 Å². The molecule has 0 spiro atoms. The van der Waals surface area contributed by atoms with E-state index in [0.29, 0.717) is 17.6 Å². The fourth-order valence-electron chi connectivity index (χ4n) is 9.93. The van der Waals surface area contributed by atoms with Crippen molar-refractivity contribution in [3.05, 3.63) is 230 Å². The van der Waals surface area contributed by atoms with E-state index < -0.39 is 0 Å². The van der Waals surface area contributed by atoms with Crippen molar-refractivity contribution >= 4 is 21.8 Å². The largest absolute Gasteiger partial charge is 0.277 e. The predicted molar refractivity (Wildman–Crippen MR) is 264 cm³/mol. The minimum Gasteiger partial charge on any atom is -0.277 e. The third-order valence-corrected chi connectivity index (χ3v) is 13.0. The Hall–Kier alpha value is -8.21. The summed E-state index contributed by atoms with van der Waals surface area (Å²) in [6.45, 7) is 4.69. The second kappa shape index (κ2) is 15.0. The summed E-state index contributed by atoms with van der Waals surface area (Å²) >= 11 is 0. The zero-order chi connectivity index (χ0) is 42.8. The maximum absolute atomic E-state index is 5.40. The van der Waals surface area contributed by atoms with Crippen molar-refractivity contribution in [2.45, 2.75) is 19.3 Å². The fraction of sp³-hybridized carbons (Fsp3) is 0.0500. The molecule has 302 valence electrons. The van der Waals surface area contributed by atoms with Gasteiger partial charge >= 0.3 is 0 Å². The van der Waals surface area contributed by atoms with Gasteiger partial charge in [-0.25, -0.2) is 4.98 Å². The Morgan fingerprint density at radius 3 is 1.41 bits per heavy atom. The van der Waals surface area contributed by atoms with Crippen LogP contribution in [-0.2, 0) is 5.41 Å². The minimum atomic E-state index is -0.243. The highest BCUT2D eigenvalue weighted by Crippen LogP contribution is 2.53. The molecule has 0 saturated carbocycles. The molecule has 2 heterocycles. The molecule has 0 radical (unpaired) electrons. The molecule has 1 aliphatic carbocycles. The lowest BCUT2D eigenvalue weighted by molar-refractivity contribution is 0.663. The van der Waals surface area contributed by atoms with Crippen LogP contribution < -0.4 is 0 Å². The molecule has 2 aromatic heterocycles. The molecule has 9 aromatic carbocycles. The van der Waals surface area contributed by atoms with Crippen molar-refractivity contribution in [2.75, 3.05) is 0 Å². The van der Waals surface area contributed by atoms with Gasteiger partial charge in [0.15, 0.2) is 11.6 Å². The maximum Gasteiger partial charge on any atom is 0.238 e. The highest BCUT2D eigenvalue weighted by Gasteiger charge is 2.38. The Balaban J connectivity index is 0.978. The molecule has 0 fully saturated rings. The number of para-hydroxylation sites is 1. The van der Waals surface area contributed by atoms with E-state index in [0.717, 1.165) is 38.9 Å². The number of aromatic nitrogens is 4. The van der Waals surface area contributed by atoms with Gasteiger partial charge in [-0.2, -0.15) is 9.97 Å². The van der Waals surface area contributed by atoms with Crippen LogP contribution in [0, 0.1) is 0 Å². The summed E-state index contributed by atoms with van der Waals surface area (Å²) in [5.41, 5.74) is 18.3. The van der Waals surface area contributed by atoms with Crippen LogP contribution in [0.5, 0.6) is 0 Å². The summed E-state index contributed by atoms with van der Waals surface area (Å²) < 4.78 is 2.29. The summed E-state index contributed by atoms with van der Waals surface area (Å²) in [5.74, 6) is 1.84. The lowest BCUT2D eigenvalue weighted by atomic mass is 9.81. The summed E-state index contributed by atoms with van der Waals surface area (Å²) in [7, 11) is 0. The number of benzene rings is 9. The van der Waals surface area contributed by atoms with Gasteiger partial charge in [-0.05, 0) is 97.1 Å². The number of nitrogens with zero attached hydrogens (tertiary/aromatic N) is 4. The number of rotatable bonds is 7. The molecule has 0 bridgehead atoms. The molecule has 11 aromatic rings. The van der Waals surface area contributed by atoms with Gasteiger partial charge < -0.3 is 0 Å². The molecular weight excluding hydrogens is 777 g/mol. The van der Waals surface area contributed by atoms with Gasteiger partial charge in [0.1, 0.15) is 0 Å². The molecule has 0 aliphatic heterocycles. The summed E-state index contributed by atoms with van der Waals surface area (Å²) in [6.07, 6.45) is 0. The Morgan fingerprint density at radius 2 is 0.797 bits per heavy atom. The standard InChI is InChI=1S/C60H42N4/c1-60(2)53-31-11-9-29-49(53)51-33-34-52-50-30-10-12-32-54(50)64(56(52)55(51)60)59-62-57(40-19-7-4-8-20-40)61-58(63-59)48-28-16-27-47(38-48)46-26-15-25-45(37-46)44-24-14-23-43(36-44)42-22-13-21-41(35-42)39-17-5-3-6-18-39/h3-38H,1-2H3. The number of hydrogen-bond acceptors (Lipinski definition) is 3. The monoisotopic (exact) mass is 818 g/mol. The number of hydrogen-bond donors (Lipinski definition) is 0. The van der Waals surface area contributed by atoms with Crippen LogP contribution in [0.25, 0.3) is 106 Å². The van der Waals surface area contributed by atoms with Gasteiger partial charge in [0, 0.05) is 27.3 Å². The Labute approximate surface area is 372 Å². The van der Waals surface area contributed by atoms with E-state index in [4.69, 9.17) is 15.0 Å². The third kappa shape index (κ3) is 6.26. The van der Waals surface area contributed by atoms with Crippen LogP contribution in [0.15, 0.2) is 218 Å². The molecule has 4 heteroatoms. The summed E-state index contributed by atoms with van der Waals surface area (Å²) in [6, 6.07) is 77.9. The average molecular weight is 819 g/mol. The van der Waals surface area contributed by atoms with E-state index in [1.807, 2.05) is 18.2 Å². The van der Waals surface area contributed by atoms with Crippen molar-refractivity contribution in [1.82, 2.24) is 19.5 Å². The SMILES string of the molecule is CC1(C)c2ccccc2-c2ccc3c4ccccc4n(-c4nc(-c5ccccc5)nc(-c5cccc(-c6cccc(-c7cccc(-c8cccc(-c9ccccc9)c8)c7)c6)c5)n4)c3c21. The van der Waals surface area contributed by atoms with Gasteiger partial charge in [0.25, 0.3) is 0 Å². The first-order valence-electron chi connectivity index (χ1n) is 21.9. The van der Waals surface area contributed by atoms with Crippen molar-refractivity contribution in [2.24, 2.45) is 0 Å². The molecule has 64 heavy (non-hydrogen) atoms. The molecule has 12 rings (SSSR count). The number of fused-ring (bicyclic) bond motifs is 7. The van der Waals surface area contributed by atoms with Crippen LogP contribution in [0.3, 0.4) is 0 Å². The summed E-state index contributed by atoms with van der Waals surface area (Å²) in [4.78, 5) is 15.9. The van der Waals surface area contributed by atoms with Gasteiger partial charge in [-0.1, -0.05) is 202 Å². The molecule has 0 N–H and O–H groups in total. The molecular formula is C60H42N4. The van der Waals surface area contributed by atoms with Crippen molar-refractivity contribution in [3.63, 3.8) is 0 Å². The molecule has 4 nitrogen and oxygen atoms in total. The third-order valence-electron chi connectivity index (χ3n) is 13.0. The molecule has 0 amide bonds. The van der Waals surface area contributed by atoms with Crippen molar-refractivity contribution in [1.29, 1.82) is 0 Å². The zero-order valence-electron chi connectivity index (χ0n) is 35.6. The summed E-state index contributed by atoms with van der Waals surface area (Å²) in [5, 5.41) is 2.36. The van der Waals surface area contributed by atoms with Gasteiger partial charge in [-0.15, -0.1) is 0 Å². The maximum atomic E-state index is 5.40.